The normalized spacial score (nSPS) is 21.9. The number of rotatable bonds is 6. The van der Waals surface area contributed by atoms with E-state index in [0.29, 0.717) is 12.3 Å². The monoisotopic (exact) mass is 273 g/mol. The maximum atomic E-state index is 11.0. The maximum absolute atomic E-state index is 11.0. The van der Waals surface area contributed by atoms with Crippen LogP contribution in [0.1, 0.15) is 52.4 Å². The molecule has 0 radical (unpaired) electrons. The molecule has 0 aromatic rings. The summed E-state index contributed by atoms with van der Waals surface area (Å²) in [7, 11) is 0. The molecule has 19 heavy (non-hydrogen) atoms. The zero-order valence-corrected chi connectivity index (χ0v) is 11.9. The van der Waals surface area contributed by atoms with Gasteiger partial charge >= 0.3 is 6.09 Å². The minimum Gasteiger partial charge on any atom is -0.444 e. The van der Waals surface area contributed by atoms with Crippen LogP contribution in [0.5, 0.6) is 0 Å². The molecule has 0 unspecified atom stereocenters. The number of primary amides is 1. The number of nitrogens with two attached hydrogens (primary N) is 1. The fraction of sp³-hybridized carbons (Fsp3) is 0.929. The van der Waals surface area contributed by atoms with Crippen molar-refractivity contribution in [1.82, 2.24) is 0 Å². The van der Waals surface area contributed by atoms with Gasteiger partial charge in [-0.15, -0.1) is 0 Å². The van der Waals surface area contributed by atoms with Crippen LogP contribution in [0.2, 0.25) is 0 Å². The number of aliphatic hydroxyl groups excluding tert-OH is 2. The Morgan fingerprint density at radius 1 is 1.21 bits per heavy atom. The number of carbonyl (C=O) groups excluding carboxylic acids is 1. The predicted molar refractivity (Wildman–Crippen MR) is 72.5 cm³/mol. The zero-order chi connectivity index (χ0) is 14.4. The van der Waals surface area contributed by atoms with Crippen molar-refractivity contribution in [3.05, 3.63) is 0 Å². The SMILES string of the molecule is CC(C)[C@@H](O)[C@@H](O)[C@H](CC1CCCCC1)OC(N)=O. The van der Waals surface area contributed by atoms with Gasteiger partial charge in [-0.3, -0.25) is 0 Å². The van der Waals surface area contributed by atoms with Crippen molar-refractivity contribution in [3.63, 3.8) is 0 Å². The molecule has 0 aromatic carbocycles. The quantitative estimate of drug-likeness (QED) is 0.688. The summed E-state index contributed by atoms with van der Waals surface area (Å²) in [4.78, 5) is 11.0. The second-order valence-corrected chi connectivity index (χ2v) is 5.94. The first kappa shape index (κ1) is 16.2. The van der Waals surface area contributed by atoms with Gasteiger partial charge in [-0.2, -0.15) is 0 Å². The molecule has 0 aliphatic heterocycles. The van der Waals surface area contributed by atoms with Gasteiger partial charge in [-0.25, -0.2) is 4.79 Å². The van der Waals surface area contributed by atoms with E-state index in [1.165, 1.54) is 19.3 Å². The molecular weight excluding hydrogens is 246 g/mol. The van der Waals surface area contributed by atoms with E-state index in [4.69, 9.17) is 10.5 Å². The molecule has 5 heteroatoms. The van der Waals surface area contributed by atoms with Gasteiger partial charge in [0.15, 0.2) is 0 Å². The molecule has 0 spiro atoms. The summed E-state index contributed by atoms with van der Waals surface area (Å²) >= 11 is 0. The lowest BCUT2D eigenvalue weighted by molar-refractivity contribution is -0.0851. The van der Waals surface area contributed by atoms with E-state index in [-0.39, 0.29) is 5.92 Å². The van der Waals surface area contributed by atoms with Crippen LogP contribution in [-0.2, 0) is 4.74 Å². The fourth-order valence-electron chi connectivity index (χ4n) is 2.77. The van der Waals surface area contributed by atoms with Crippen molar-refractivity contribution in [2.24, 2.45) is 17.6 Å². The molecule has 0 heterocycles. The van der Waals surface area contributed by atoms with E-state index in [9.17, 15) is 15.0 Å². The number of amides is 1. The average Bonchev–Trinajstić information content (AvgIpc) is 2.36. The van der Waals surface area contributed by atoms with Crippen LogP contribution in [0.4, 0.5) is 4.79 Å². The molecule has 112 valence electrons. The molecule has 5 nitrogen and oxygen atoms in total. The van der Waals surface area contributed by atoms with Gasteiger partial charge in [-0.05, 0) is 18.3 Å². The van der Waals surface area contributed by atoms with Crippen molar-refractivity contribution in [2.45, 2.75) is 70.7 Å². The highest BCUT2D eigenvalue weighted by Crippen LogP contribution is 2.29. The average molecular weight is 273 g/mol. The third-order valence-corrected chi connectivity index (χ3v) is 3.97. The van der Waals surface area contributed by atoms with Crippen LogP contribution < -0.4 is 5.73 Å². The Kier molecular flexibility index (Phi) is 6.58. The first-order chi connectivity index (χ1) is 8.91. The van der Waals surface area contributed by atoms with Crippen molar-refractivity contribution < 1.29 is 19.7 Å². The summed E-state index contributed by atoms with van der Waals surface area (Å²) in [5, 5.41) is 20.1. The van der Waals surface area contributed by atoms with Crippen molar-refractivity contribution in [1.29, 1.82) is 0 Å². The highest BCUT2D eigenvalue weighted by Gasteiger charge is 2.33. The molecule has 1 fully saturated rings. The highest BCUT2D eigenvalue weighted by atomic mass is 16.6. The van der Waals surface area contributed by atoms with Crippen LogP contribution in [0.25, 0.3) is 0 Å². The summed E-state index contributed by atoms with van der Waals surface area (Å²) in [6.45, 7) is 3.63. The largest absolute Gasteiger partial charge is 0.444 e. The molecule has 3 atom stereocenters. The van der Waals surface area contributed by atoms with E-state index in [2.05, 4.69) is 0 Å². The molecule has 1 rings (SSSR count). The van der Waals surface area contributed by atoms with Gasteiger partial charge in [0.25, 0.3) is 0 Å². The van der Waals surface area contributed by atoms with E-state index in [1.807, 2.05) is 13.8 Å². The maximum Gasteiger partial charge on any atom is 0.404 e. The zero-order valence-electron chi connectivity index (χ0n) is 11.9. The highest BCUT2D eigenvalue weighted by molar-refractivity contribution is 5.64. The number of hydrogen-bond acceptors (Lipinski definition) is 4. The van der Waals surface area contributed by atoms with Crippen LogP contribution >= 0.6 is 0 Å². The summed E-state index contributed by atoms with van der Waals surface area (Å²) < 4.78 is 5.02. The number of carbonyl (C=O) groups is 1. The molecule has 4 N–H and O–H groups in total. The van der Waals surface area contributed by atoms with Gasteiger partial charge in [0, 0.05) is 0 Å². The topological polar surface area (TPSA) is 92.8 Å². The molecule has 1 aliphatic carbocycles. The van der Waals surface area contributed by atoms with E-state index in [0.717, 1.165) is 12.8 Å². The Bertz CT molecular complexity index is 277. The second-order valence-electron chi connectivity index (χ2n) is 5.94. The first-order valence-corrected chi connectivity index (χ1v) is 7.24. The third-order valence-electron chi connectivity index (χ3n) is 3.97. The first-order valence-electron chi connectivity index (χ1n) is 7.24. The Morgan fingerprint density at radius 2 is 1.79 bits per heavy atom. The minimum atomic E-state index is -1.07. The van der Waals surface area contributed by atoms with Gasteiger partial charge in [-0.1, -0.05) is 46.0 Å². The van der Waals surface area contributed by atoms with E-state index >= 15 is 0 Å². The molecule has 1 aliphatic rings. The summed E-state index contributed by atoms with van der Waals surface area (Å²) in [5.74, 6) is 0.340. The van der Waals surface area contributed by atoms with Gasteiger partial charge in [0.05, 0.1) is 6.10 Å². The summed E-state index contributed by atoms with van der Waals surface area (Å²) in [6.07, 6.45) is 2.76. The molecule has 1 saturated carbocycles. The molecular formula is C14H27NO4. The molecule has 0 aromatic heterocycles. The van der Waals surface area contributed by atoms with Crippen LogP contribution in [0.15, 0.2) is 0 Å². The van der Waals surface area contributed by atoms with Crippen LogP contribution in [0, 0.1) is 11.8 Å². The Hall–Kier alpha value is -0.810. The Morgan fingerprint density at radius 3 is 2.26 bits per heavy atom. The van der Waals surface area contributed by atoms with Crippen molar-refractivity contribution >= 4 is 6.09 Å². The number of aliphatic hydroxyl groups is 2. The smallest absolute Gasteiger partial charge is 0.404 e. The molecule has 1 amide bonds. The summed E-state index contributed by atoms with van der Waals surface area (Å²) in [5.41, 5.74) is 5.06. The lowest BCUT2D eigenvalue weighted by Crippen LogP contribution is -2.44. The number of ether oxygens (including phenoxy) is 1. The van der Waals surface area contributed by atoms with Crippen molar-refractivity contribution in [2.75, 3.05) is 0 Å². The standard InChI is InChI=1S/C14H27NO4/c1-9(2)12(16)13(17)11(19-14(15)18)8-10-6-4-3-5-7-10/h9-13,16-17H,3-8H2,1-2H3,(H2,15,18)/t11-,12+,13-/m0/s1. The van der Waals surface area contributed by atoms with Crippen LogP contribution in [0.3, 0.4) is 0 Å². The Balaban J connectivity index is 2.61. The summed E-state index contributed by atoms with van der Waals surface area (Å²) in [6, 6.07) is 0. The number of hydrogen-bond donors (Lipinski definition) is 3. The third kappa shape index (κ3) is 5.37. The molecule has 0 saturated heterocycles. The van der Waals surface area contributed by atoms with Gasteiger partial charge < -0.3 is 20.7 Å². The van der Waals surface area contributed by atoms with E-state index < -0.39 is 24.4 Å². The van der Waals surface area contributed by atoms with E-state index in [1.54, 1.807) is 0 Å². The molecule has 0 bridgehead atoms. The minimum absolute atomic E-state index is 0.0969. The fourth-order valence-corrected chi connectivity index (χ4v) is 2.77. The van der Waals surface area contributed by atoms with Gasteiger partial charge in [0.2, 0.25) is 0 Å². The lowest BCUT2D eigenvalue weighted by atomic mass is 9.83. The predicted octanol–water partition coefficient (Wildman–Crippen LogP) is 1.80. The van der Waals surface area contributed by atoms with Crippen LogP contribution in [-0.4, -0.2) is 34.6 Å². The lowest BCUT2D eigenvalue weighted by Gasteiger charge is -2.32. The second kappa shape index (κ2) is 7.70. The Labute approximate surface area is 115 Å². The van der Waals surface area contributed by atoms with Gasteiger partial charge in [0.1, 0.15) is 12.2 Å². The van der Waals surface area contributed by atoms with Crippen molar-refractivity contribution in [3.8, 4) is 0 Å².